The third-order valence-electron chi connectivity index (χ3n) is 1.87. The minimum absolute atomic E-state index is 0.106. The number of nitro groups is 1. The predicted octanol–water partition coefficient (Wildman–Crippen LogP) is 2.12. The van der Waals surface area contributed by atoms with Crippen LogP contribution in [0.25, 0.3) is 0 Å². The Morgan fingerprint density at radius 3 is 2.69 bits per heavy atom. The lowest BCUT2D eigenvalue weighted by Gasteiger charge is -2.04. The van der Waals surface area contributed by atoms with Gasteiger partial charge in [0.1, 0.15) is 0 Å². The van der Waals surface area contributed by atoms with Gasteiger partial charge >= 0.3 is 0 Å². The molecule has 0 saturated heterocycles. The fourth-order valence-corrected chi connectivity index (χ4v) is 1.61. The highest BCUT2D eigenvalue weighted by Gasteiger charge is 2.14. The summed E-state index contributed by atoms with van der Waals surface area (Å²) in [6, 6.07) is 3.27. The Morgan fingerprint density at radius 2 is 2.23 bits per heavy atom. The molecule has 0 radical (unpaired) electrons. The van der Waals surface area contributed by atoms with Crippen molar-refractivity contribution in [3.8, 4) is 0 Å². The zero-order valence-electron chi connectivity index (χ0n) is 7.08. The maximum atomic E-state index is 10.6. The van der Waals surface area contributed by atoms with E-state index in [-0.39, 0.29) is 5.69 Å². The molecule has 0 aliphatic carbocycles. The lowest BCUT2D eigenvalue weighted by molar-refractivity contribution is -0.385. The monoisotopic (exact) mass is 244 g/mol. The lowest BCUT2D eigenvalue weighted by atomic mass is 10.1. The SMILES string of the molecule is Cc1c(CN)cc(Br)cc1[N+](=O)[O-]. The second-order valence-electron chi connectivity index (χ2n) is 2.67. The molecule has 0 saturated carbocycles. The van der Waals surface area contributed by atoms with Crippen molar-refractivity contribution in [3.63, 3.8) is 0 Å². The minimum Gasteiger partial charge on any atom is -0.326 e. The second-order valence-corrected chi connectivity index (χ2v) is 3.59. The van der Waals surface area contributed by atoms with Crippen LogP contribution in [-0.2, 0) is 6.54 Å². The molecule has 5 heteroatoms. The average molecular weight is 245 g/mol. The molecule has 1 rings (SSSR count). The summed E-state index contributed by atoms with van der Waals surface area (Å²) >= 11 is 3.20. The first-order valence-corrected chi connectivity index (χ1v) is 4.49. The van der Waals surface area contributed by atoms with E-state index in [1.807, 2.05) is 0 Å². The van der Waals surface area contributed by atoms with Crippen LogP contribution < -0.4 is 5.73 Å². The lowest BCUT2D eigenvalue weighted by Crippen LogP contribution is -2.02. The molecule has 70 valence electrons. The van der Waals surface area contributed by atoms with Gasteiger partial charge in [-0.25, -0.2) is 0 Å². The molecule has 1 aromatic carbocycles. The van der Waals surface area contributed by atoms with Crippen molar-refractivity contribution in [1.82, 2.24) is 0 Å². The highest BCUT2D eigenvalue weighted by Crippen LogP contribution is 2.26. The number of halogens is 1. The Hall–Kier alpha value is -0.940. The molecule has 0 aromatic heterocycles. The molecule has 0 spiro atoms. The van der Waals surface area contributed by atoms with Gasteiger partial charge in [-0.05, 0) is 18.6 Å². The number of hydrogen-bond donors (Lipinski definition) is 1. The molecule has 0 amide bonds. The van der Waals surface area contributed by atoms with E-state index in [1.165, 1.54) is 6.07 Å². The van der Waals surface area contributed by atoms with E-state index in [1.54, 1.807) is 13.0 Å². The van der Waals surface area contributed by atoms with Gasteiger partial charge in [0.25, 0.3) is 5.69 Å². The summed E-state index contributed by atoms with van der Waals surface area (Å²) in [6.45, 7) is 2.01. The van der Waals surface area contributed by atoms with Crippen LogP contribution in [0.4, 0.5) is 5.69 Å². The van der Waals surface area contributed by atoms with Crippen molar-refractivity contribution >= 4 is 21.6 Å². The first kappa shape index (κ1) is 10.1. The molecule has 13 heavy (non-hydrogen) atoms. The summed E-state index contributed by atoms with van der Waals surface area (Å²) in [5.41, 5.74) is 6.98. The van der Waals surface area contributed by atoms with Crippen LogP contribution in [0.5, 0.6) is 0 Å². The van der Waals surface area contributed by atoms with E-state index in [9.17, 15) is 10.1 Å². The van der Waals surface area contributed by atoms with Crippen LogP contribution in [0.2, 0.25) is 0 Å². The van der Waals surface area contributed by atoms with E-state index in [0.29, 0.717) is 16.6 Å². The third-order valence-corrected chi connectivity index (χ3v) is 2.33. The summed E-state index contributed by atoms with van der Waals surface area (Å²) in [5.74, 6) is 0. The smallest absolute Gasteiger partial charge is 0.273 e. The van der Waals surface area contributed by atoms with Crippen molar-refractivity contribution in [2.75, 3.05) is 0 Å². The molecule has 0 aliphatic rings. The average Bonchev–Trinajstić information content (AvgIpc) is 2.08. The van der Waals surface area contributed by atoms with Gasteiger partial charge in [0.2, 0.25) is 0 Å². The molecule has 4 nitrogen and oxygen atoms in total. The van der Waals surface area contributed by atoms with Crippen molar-refractivity contribution in [3.05, 3.63) is 37.8 Å². The molecular formula is C8H9BrN2O2. The zero-order chi connectivity index (χ0) is 10.0. The number of nitrogens with zero attached hydrogens (tertiary/aromatic N) is 1. The van der Waals surface area contributed by atoms with Crippen molar-refractivity contribution in [2.24, 2.45) is 5.73 Å². The highest BCUT2D eigenvalue weighted by molar-refractivity contribution is 9.10. The van der Waals surface area contributed by atoms with Gasteiger partial charge in [-0.2, -0.15) is 0 Å². The summed E-state index contributed by atoms with van der Waals surface area (Å²) in [6.07, 6.45) is 0. The molecule has 0 fully saturated rings. The van der Waals surface area contributed by atoms with Gasteiger partial charge in [0.15, 0.2) is 0 Å². The number of benzene rings is 1. The third kappa shape index (κ3) is 2.05. The van der Waals surface area contributed by atoms with Crippen LogP contribution in [0.15, 0.2) is 16.6 Å². The fourth-order valence-electron chi connectivity index (χ4n) is 1.12. The fraction of sp³-hybridized carbons (Fsp3) is 0.250. The van der Waals surface area contributed by atoms with Gasteiger partial charge < -0.3 is 5.73 Å². The Balaban J connectivity index is 3.35. The van der Waals surface area contributed by atoms with Crippen molar-refractivity contribution in [1.29, 1.82) is 0 Å². The van der Waals surface area contributed by atoms with Crippen molar-refractivity contribution in [2.45, 2.75) is 13.5 Å². The Kier molecular flexibility index (Phi) is 3.00. The van der Waals surface area contributed by atoms with Crippen LogP contribution >= 0.6 is 15.9 Å². The molecule has 0 unspecified atom stereocenters. The molecular weight excluding hydrogens is 236 g/mol. The van der Waals surface area contributed by atoms with Crippen LogP contribution in [0.3, 0.4) is 0 Å². The molecule has 1 aromatic rings. The first-order chi connectivity index (χ1) is 6.06. The Bertz CT molecular complexity index is 352. The largest absolute Gasteiger partial charge is 0.326 e. The normalized spacial score (nSPS) is 10.1. The predicted molar refractivity (Wildman–Crippen MR) is 53.4 cm³/mol. The van der Waals surface area contributed by atoms with Crippen LogP contribution in [0.1, 0.15) is 11.1 Å². The van der Waals surface area contributed by atoms with E-state index in [4.69, 9.17) is 5.73 Å². The van der Waals surface area contributed by atoms with Crippen molar-refractivity contribution < 1.29 is 4.92 Å². The second kappa shape index (κ2) is 3.85. The van der Waals surface area contributed by atoms with Crippen LogP contribution in [0, 0.1) is 17.0 Å². The molecule has 0 bridgehead atoms. The van der Waals surface area contributed by atoms with Gasteiger partial charge in [-0.3, -0.25) is 10.1 Å². The van der Waals surface area contributed by atoms with Gasteiger partial charge in [-0.15, -0.1) is 0 Å². The topological polar surface area (TPSA) is 69.2 Å². The van der Waals surface area contributed by atoms with Gasteiger partial charge in [-0.1, -0.05) is 15.9 Å². The maximum absolute atomic E-state index is 10.6. The van der Waals surface area contributed by atoms with E-state index < -0.39 is 4.92 Å². The Labute approximate surface area is 84.0 Å². The summed E-state index contributed by atoms with van der Waals surface area (Å²) in [4.78, 5) is 10.2. The van der Waals surface area contributed by atoms with E-state index >= 15 is 0 Å². The Morgan fingerprint density at radius 1 is 1.62 bits per heavy atom. The zero-order valence-corrected chi connectivity index (χ0v) is 8.67. The van der Waals surface area contributed by atoms with Gasteiger partial charge in [0, 0.05) is 22.6 Å². The molecule has 0 aliphatic heterocycles. The van der Waals surface area contributed by atoms with E-state index in [0.717, 1.165) is 5.56 Å². The minimum atomic E-state index is -0.404. The molecule has 0 heterocycles. The summed E-state index contributed by atoms with van der Waals surface area (Å²) < 4.78 is 0.685. The summed E-state index contributed by atoms with van der Waals surface area (Å²) in [7, 11) is 0. The standard InChI is InChI=1S/C8H9BrN2O2/c1-5-6(4-10)2-7(9)3-8(5)11(12)13/h2-3H,4,10H2,1H3. The quantitative estimate of drug-likeness (QED) is 0.640. The maximum Gasteiger partial charge on any atom is 0.273 e. The first-order valence-electron chi connectivity index (χ1n) is 3.69. The molecule has 2 N–H and O–H groups in total. The number of hydrogen-bond acceptors (Lipinski definition) is 3. The van der Waals surface area contributed by atoms with Gasteiger partial charge in [0.05, 0.1) is 4.92 Å². The highest BCUT2D eigenvalue weighted by atomic mass is 79.9. The van der Waals surface area contributed by atoms with E-state index in [2.05, 4.69) is 15.9 Å². The number of nitrogens with two attached hydrogens (primary N) is 1. The number of rotatable bonds is 2. The van der Waals surface area contributed by atoms with Crippen LogP contribution in [-0.4, -0.2) is 4.92 Å². The number of nitro benzene ring substituents is 1. The molecule has 0 atom stereocenters. The summed E-state index contributed by atoms with van der Waals surface area (Å²) in [5, 5.41) is 10.6.